The molecule has 0 aromatic heterocycles. The van der Waals surface area contributed by atoms with Gasteiger partial charge in [0, 0.05) is 6.54 Å². The number of carbonyl (C=O) groups excluding carboxylic acids is 2. The molecule has 0 unspecified atom stereocenters. The fourth-order valence-electron chi connectivity index (χ4n) is 3.78. The summed E-state index contributed by atoms with van der Waals surface area (Å²) < 4.78 is 13.0. The molecule has 0 saturated carbocycles. The third-order valence-electron chi connectivity index (χ3n) is 5.38. The van der Waals surface area contributed by atoms with Crippen LogP contribution in [-0.2, 0) is 11.3 Å². The normalized spacial score (nSPS) is 25.5. The number of nitrogens with zero attached hydrogens (tertiary/aromatic N) is 2. The molecule has 2 heterocycles. The number of hydrogen-bond acceptors (Lipinski definition) is 4. The first-order valence-electron chi connectivity index (χ1n) is 8.66. The number of β-amino-alcohol motifs (C(OH)–C–C–N with tert-alkyl or cyclic N) is 1. The largest absolute Gasteiger partial charge is 0.395 e. The predicted molar refractivity (Wildman–Crippen MR) is 90.1 cm³/mol. The second kappa shape index (κ2) is 7.09. The molecule has 0 bridgehead atoms. The van der Waals surface area contributed by atoms with Crippen molar-refractivity contribution < 1.29 is 19.1 Å². The van der Waals surface area contributed by atoms with Crippen LogP contribution < -0.4 is 5.32 Å². The number of aliphatic hydroxyl groups excluding tert-OH is 1. The molecule has 7 heteroatoms. The van der Waals surface area contributed by atoms with E-state index in [0.717, 1.165) is 25.9 Å². The fraction of sp³-hybridized carbons (Fsp3) is 0.556. The zero-order chi connectivity index (χ0) is 18.0. The maximum Gasteiger partial charge on any atom is 0.325 e. The van der Waals surface area contributed by atoms with Crippen LogP contribution in [0.4, 0.5) is 9.18 Å². The lowest BCUT2D eigenvalue weighted by Crippen LogP contribution is -2.54. The van der Waals surface area contributed by atoms with Gasteiger partial charge in [0.2, 0.25) is 0 Å². The van der Waals surface area contributed by atoms with Crippen LogP contribution >= 0.6 is 0 Å². The van der Waals surface area contributed by atoms with Gasteiger partial charge in [0.15, 0.2) is 0 Å². The lowest BCUT2D eigenvalue weighted by molar-refractivity contribution is -0.133. The summed E-state index contributed by atoms with van der Waals surface area (Å²) in [6, 6.07) is 5.42. The topological polar surface area (TPSA) is 72.9 Å². The lowest BCUT2D eigenvalue weighted by atomic mass is 9.79. The van der Waals surface area contributed by atoms with Crippen LogP contribution in [0.25, 0.3) is 0 Å². The molecule has 136 valence electrons. The van der Waals surface area contributed by atoms with Gasteiger partial charge in [0.25, 0.3) is 5.91 Å². The van der Waals surface area contributed by atoms with Crippen LogP contribution in [0.5, 0.6) is 0 Å². The molecule has 2 N–H and O–H groups in total. The van der Waals surface area contributed by atoms with Gasteiger partial charge < -0.3 is 15.3 Å². The van der Waals surface area contributed by atoms with Crippen molar-refractivity contribution in [2.45, 2.75) is 31.8 Å². The predicted octanol–water partition coefficient (Wildman–Crippen LogP) is 1.34. The standard InChI is InChI=1S/C18H24FN3O3/c1-18(14-6-8-21(9-7-14)10-11-23)16(24)22(17(25)20-18)12-13-2-4-15(19)5-3-13/h2-5,14,23H,6-12H2,1H3,(H,20,25)/t18-/m0/s1. The Labute approximate surface area is 146 Å². The number of aliphatic hydroxyl groups is 1. The highest BCUT2D eigenvalue weighted by molar-refractivity contribution is 6.06. The molecule has 2 aliphatic heterocycles. The summed E-state index contributed by atoms with van der Waals surface area (Å²) in [6.07, 6.45) is 1.60. The SMILES string of the molecule is C[C@@]1(C2CCN(CCO)CC2)NC(=O)N(Cc2ccc(F)cc2)C1=O. The smallest absolute Gasteiger partial charge is 0.325 e. The molecule has 6 nitrogen and oxygen atoms in total. The number of urea groups is 1. The van der Waals surface area contributed by atoms with E-state index >= 15 is 0 Å². The minimum Gasteiger partial charge on any atom is -0.395 e. The number of benzene rings is 1. The van der Waals surface area contributed by atoms with Gasteiger partial charge in [-0.2, -0.15) is 0 Å². The van der Waals surface area contributed by atoms with Crippen molar-refractivity contribution in [1.29, 1.82) is 0 Å². The molecule has 1 aromatic carbocycles. The number of likely N-dealkylation sites (tertiary alicyclic amines) is 1. The lowest BCUT2D eigenvalue weighted by Gasteiger charge is -2.38. The molecular formula is C18H24FN3O3. The van der Waals surface area contributed by atoms with Gasteiger partial charge in [0.05, 0.1) is 13.2 Å². The highest BCUT2D eigenvalue weighted by Crippen LogP contribution is 2.33. The number of rotatable bonds is 5. The summed E-state index contributed by atoms with van der Waals surface area (Å²) in [7, 11) is 0. The number of halogens is 1. The highest BCUT2D eigenvalue weighted by Gasteiger charge is 2.52. The number of amides is 3. The van der Waals surface area contributed by atoms with E-state index in [2.05, 4.69) is 10.2 Å². The van der Waals surface area contributed by atoms with Crippen molar-refractivity contribution in [2.24, 2.45) is 5.92 Å². The number of imide groups is 1. The van der Waals surface area contributed by atoms with E-state index < -0.39 is 11.6 Å². The quantitative estimate of drug-likeness (QED) is 0.787. The first kappa shape index (κ1) is 17.8. The van der Waals surface area contributed by atoms with Gasteiger partial charge in [-0.25, -0.2) is 9.18 Å². The molecule has 1 aromatic rings. The number of carbonyl (C=O) groups is 2. The van der Waals surface area contributed by atoms with Crippen LogP contribution in [0, 0.1) is 11.7 Å². The Hall–Kier alpha value is -1.99. The minimum absolute atomic E-state index is 0.0668. The molecule has 0 spiro atoms. The monoisotopic (exact) mass is 349 g/mol. The van der Waals surface area contributed by atoms with Crippen LogP contribution in [0.3, 0.4) is 0 Å². The molecule has 25 heavy (non-hydrogen) atoms. The third kappa shape index (κ3) is 3.52. The summed E-state index contributed by atoms with van der Waals surface area (Å²) in [4.78, 5) is 28.7. The zero-order valence-corrected chi connectivity index (χ0v) is 14.4. The van der Waals surface area contributed by atoms with Crippen LogP contribution in [0.15, 0.2) is 24.3 Å². The third-order valence-corrected chi connectivity index (χ3v) is 5.38. The van der Waals surface area contributed by atoms with Crippen molar-refractivity contribution in [2.75, 3.05) is 26.2 Å². The van der Waals surface area contributed by atoms with E-state index in [4.69, 9.17) is 5.11 Å². The minimum atomic E-state index is -0.900. The zero-order valence-electron chi connectivity index (χ0n) is 14.4. The molecule has 0 aliphatic carbocycles. The number of nitrogens with one attached hydrogen (secondary N) is 1. The molecule has 1 atom stereocenters. The number of hydrogen-bond donors (Lipinski definition) is 2. The number of piperidine rings is 1. The molecular weight excluding hydrogens is 325 g/mol. The van der Waals surface area contributed by atoms with Gasteiger partial charge in [0.1, 0.15) is 11.4 Å². The van der Waals surface area contributed by atoms with Crippen molar-refractivity contribution in [3.63, 3.8) is 0 Å². The van der Waals surface area contributed by atoms with Crippen LogP contribution in [0.1, 0.15) is 25.3 Å². The maximum atomic E-state index is 13.0. The second-order valence-corrected chi connectivity index (χ2v) is 6.99. The molecule has 2 saturated heterocycles. The Morgan fingerprint density at radius 1 is 1.24 bits per heavy atom. The first-order chi connectivity index (χ1) is 11.9. The molecule has 0 radical (unpaired) electrons. The molecule has 3 amide bonds. The second-order valence-electron chi connectivity index (χ2n) is 6.99. The summed E-state index contributed by atoms with van der Waals surface area (Å²) in [5.41, 5.74) is -0.186. The first-order valence-corrected chi connectivity index (χ1v) is 8.66. The van der Waals surface area contributed by atoms with E-state index in [0.29, 0.717) is 12.1 Å². The van der Waals surface area contributed by atoms with Gasteiger partial charge >= 0.3 is 6.03 Å². The summed E-state index contributed by atoms with van der Waals surface area (Å²) in [5.74, 6) is -0.500. The van der Waals surface area contributed by atoms with E-state index in [1.165, 1.54) is 17.0 Å². The Morgan fingerprint density at radius 3 is 2.48 bits per heavy atom. The van der Waals surface area contributed by atoms with Crippen LogP contribution in [-0.4, -0.2) is 58.6 Å². The molecule has 2 fully saturated rings. The van der Waals surface area contributed by atoms with Crippen molar-refractivity contribution >= 4 is 11.9 Å². The summed E-state index contributed by atoms with van der Waals surface area (Å²) >= 11 is 0. The average molecular weight is 349 g/mol. The summed E-state index contributed by atoms with van der Waals surface area (Å²) in [6.45, 7) is 4.32. The van der Waals surface area contributed by atoms with Crippen molar-refractivity contribution in [3.05, 3.63) is 35.6 Å². The van der Waals surface area contributed by atoms with Gasteiger partial charge in [-0.15, -0.1) is 0 Å². The Morgan fingerprint density at radius 2 is 1.88 bits per heavy atom. The molecule has 2 aliphatic rings. The van der Waals surface area contributed by atoms with Crippen molar-refractivity contribution in [3.8, 4) is 0 Å². The van der Waals surface area contributed by atoms with E-state index in [1.807, 2.05) is 0 Å². The van der Waals surface area contributed by atoms with Gasteiger partial charge in [-0.3, -0.25) is 9.69 Å². The average Bonchev–Trinajstić information content (AvgIpc) is 2.82. The van der Waals surface area contributed by atoms with E-state index in [1.54, 1.807) is 19.1 Å². The Kier molecular flexibility index (Phi) is 5.06. The van der Waals surface area contributed by atoms with Crippen molar-refractivity contribution in [1.82, 2.24) is 15.1 Å². The van der Waals surface area contributed by atoms with Gasteiger partial charge in [-0.1, -0.05) is 12.1 Å². The maximum absolute atomic E-state index is 13.0. The van der Waals surface area contributed by atoms with Gasteiger partial charge in [-0.05, 0) is 56.5 Å². The summed E-state index contributed by atoms with van der Waals surface area (Å²) in [5, 5.41) is 11.9. The van der Waals surface area contributed by atoms with E-state index in [9.17, 15) is 14.0 Å². The fourth-order valence-corrected chi connectivity index (χ4v) is 3.78. The van der Waals surface area contributed by atoms with E-state index in [-0.39, 0.29) is 30.8 Å². The highest BCUT2D eigenvalue weighted by atomic mass is 19.1. The Bertz CT molecular complexity index is 643. The Balaban J connectivity index is 1.68. The molecule has 3 rings (SSSR count). The van der Waals surface area contributed by atoms with Crippen LogP contribution in [0.2, 0.25) is 0 Å².